The molecule has 1 aromatic heterocycles. The normalized spacial score (nSPS) is 21.0. The number of amides is 2. The van der Waals surface area contributed by atoms with Crippen molar-refractivity contribution in [3.05, 3.63) is 53.2 Å². The van der Waals surface area contributed by atoms with E-state index < -0.39 is 23.9 Å². The molecule has 3 aliphatic rings. The number of hydrogen-bond donors (Lipinski definition) is 2. The second kappa shape index (κ2) is 13.8. The van der Waals surface area contributed by atoms with Gasteiger partial charge in [-0.25, -0.2) is 14.2 Å². The molecule has 3 aromatic rings. The Morgan fingerprint density at radius 2 is 1.94 bits per heavy atom. The number of rotatable bonds is 8. The number of nitrogens with zero attached hydrogens (tertiary/aromatic N) is 4. The van der Waals surface area contributed by atoms with Crippen LogP contribution in [-0.4, -0.2) is 103 Å². The minimum Gasteiger partial charge on any atom is -0.496 e. The number of fused-ring (bicyclic) bond motifs is 1. The first kappa shape index (κ1) is 33.7. The number of nitrogens with one attached hydrogen (secondary N) is 1. The summed E-state index contributed by atoms with van der Waals surface area (Å²) < 4.78 is 34.5. The third-order valence-electron chi connectivity index (χ3n) is 9.23. The molecule has 11 nitrogen and oxygen atoms in total. The average Bonchev–Trinajstić information content (AvgIpc) is 3.31. The smallest absolute Gasteiger partial charge is 0.407 e. The maximum atomic E-state index is 15.0. The fraction of sp³-hybridized carbons (Fsp3) is 0.528. The summed E-state index contributed by atoms with van der Waals surface area (Å²) in [5, 5.41) is 13.3. The number of likely N-dealkylation sites (tertiary alicyclic amines) is 1. The van der Waals surface area contributed by atoms with E-state index in [1.54, 1.807) is 47.1 Å². The Bertz CT molecular complexity index is 1710. The summed E-state index contributed by atoms with van der Waals surface area (Å²) in [5.74, 6) is 0.172. The first-order chi connectivity index (χ1) is 23.0. The van der Waals surface area contributed by atoms with Crippen LogP contribution in [-0.2, 0) is 22.4 Å². The molecule has 2 N–H and O–H groups in total. The molecule has 6 rings (SSSR count). The molecule has 258 valence electrons. The molecular weight excluding hydrogens is 617 g/mol. The van der Waals surface area contributed by atoms with Gasteiger partial charge < -0.3 is 39.0 Å². The molecule has 4 heterocycles. The number of piperidine rings is 1. The van der Waals surface area contributed by atoms with Crippen molar-refractivity contribution < 1.29 is 33.3 Å². The first-order valence-corrected chi connectivity index (χ1v) is 16.7. The fourth-order valence-corrected chi connectivity index (χ4v) is 7.16. The zero-order valence-corrected chi connectivity index (χ0v) is 28.4. The van der Waals surface area contributed by atoms with E-state index in [-0.39, 0.29) is 38.1 Å². The van der Waals surface area contributed by atoms with Gasteiger partial charge in [-0.2, -0.15) is 0 Å². The van der Waals surface area contributed by atoms with Gasteiger partial charge in [-0.15, -0.1) is 0 Å². The highest BCUT2D eigenvalue weighted by Crippen LogP contribution is 2.39. The van der Waals surface area contributed by atoms with E-state index in [1.807, 2.05) is 0 Å². The summed E-state index contributed by atoms with van der Waals surface area (Å²) in [5.41, 5.74) is 5.12. The third kappa shape index (κ3) is 6.86. The number of anilines is 1. The highest BCUT2D eigenvalue weighted by Gasteiger charge is 2.34. The van der Waals surface area contributed by atoms with Gasteiger partial charge in [0, 0.05) is 62.8 Å². The first-order valence-electron chi connectivity index (χ1n) is 16.7. The summed E-state index contributed by atoms with van der Waals surface area (Å²) >= 11 is 0. The maximum absolute atomic E-state index is 15.0. The van der Waals surface area contributed by atoms with Crippen LogP contribution in [0.3, 0.4) is 0 Å². The zero-order chi connectivity index (χ0) is 34.2. The molecule has 1 saturated heterocycles. The van der Waals surface area contributed by atoms with Crippen molar-refractivity contribution >= 4 is 40.0 Å². The van der Waals surface area contributed by atoms with Crippen LogP contribution in [0.1, 0.15) is 61.6 Å². The van der Waals surface area contributed by atoms with E-state index in [9.17, 15) is 19.1 Å². The van der Waals surface area contributed by atoms with Gasteiger partial charge in [-0.3, -0.25) is 4.79 Å². The standard InChI is InChI=1S/C36H46FN5O6/c1-36(2,3)48-35(45)38-25-19-24(37)20-41(21-25)34(44)23-16-27-26(31(18-23)47-5)10-11-30(46-4)32(39-27)29-17-22-8-6-9-28-33(22)42(29)14-13-40(28)12-7-15-43/h6,8-9,16-18,24-25,30,43H,7,10-15,19-21H2,1-5H3,(H,38,45)/t24-,25-,30?/m1/s1. The van der Waals surface area contributed by atoms with Crippen molar-refractivity contribution in [2.45, 2.75) is 76.9 Å². The van der Waals surface area contributed by atoms with Crippen LogP contribution in [0, 0.1) is 0 Å². The largest absolute Gasteiger partial charge is 0.496 e. The second-order valence-corrected chi connectivity index (χ2v) is 13.8. The van der Waals surface area contributed by atoms with Crippen LogP contribution >= 0.6 is 0 Å². The molecular formula is C36H46FN5O6. The van der Waals surface area contributed by atoms with Crippen molar-refractivity contribution in [2.24, 2.45) is 4.99 Å². The van der Waals surface area contributed by atoms with E-state index in [2.05, 4.69) is 39.0 Å². The lowest BCUT2D eigenvalue weighted by molar-refractivity contribution is 0.0394. The number of ether oxygens (including phenoxy) is 3. The van der Waals surface area contributed by atoms with Crippen LogP contribution in [0.4, 0.5) is 20.6 Å². The molecule has 1 fully saturated rings. The van der Waals surface area contributed by atoms with Crippen LogP contribution in [0.2, 0.25) is 0 Å². The van der Waals surface area contributed by atoms with Gasteiger partial charge >= 0.3 is 6.09 Å². The number of aliphatic imine (C=N–C) groups is 1. The van der Waals surface area contributed by atoms with Crippen molar-refractivity contribution in [1.29, 1.82) is 0 Å². The lowest BCUT2D eigenvalue weighted by Gasteiger charge is -2.35. The van der Waals surface area contributed by atoms with E-state index in [0.29, 0.717) is 36.3 Å². The quantitative estimate of drug-likeness (QED) is 0.348. The molecule has 0 bridgehead atoms. The molecule has 48 heavy (non-hydrogen) atoms. The van der Waals surface area contributed by atoms with Crippen molar-refractivity contribution in [3.63, 3.8) is 0 Å². The van der Waals surface area contributed by atoms with Gasteiger partial charge in [-0.05, 0) is 64.3 Å². The minimum atomic E-state index is -1.30. The monoisotopic (exact) mass is 663 g/mol. The lowest BCUT2D eigenvalue weighted by Crippen LogP contribution is -2.54. The Kier molecular flexibility index (Phi) is 9.67. The van der Waals surface area contributed by atoms with Gasteiger partial charge in [0.1, 0.15) is 23.6 Å². The number of methoxy groups -OCH3 is 2. The number of aromatic nitrogens is 1. The number of carbonyl (C=O) groups excluding carboxylic acids is 2. The number of aliphatic hydroxyl groups is 1. The summed E-state index contributed by atoms with van der Waals surface area (Å²) in [7, 11) is 3.26. The molecule has 3 aliphatic heterocycles. The van der Waals surface area contributed by atoms with Crippen LogP contribution in [0.15, 0.2) is 41.4 Å². The molecule has 1 unspecified atom stereocenters. The molecule has 0 saturated carbocycles. The number of alkyl halides is 1. The number of carbonyl (C=O) groups is 2. The highest BCUT2D eigenvalue weighted by atomic mass is 19.1. The Hall–Kier alpha value is -4.16. The topological polar surface area (TPSA) is 118 Å². The SMILES string of the molecule is COc1cc(C(=O)N2C[C@H](F)C[C@@H](NC(=O)OC(C)(C)C)C2)cc2c1CCC(OC)C(c1cc3cccc4c3n1CCN4CCCO)=N2. The fourth-order valence-electron chi connectivity index (χ4n) is 7.16. The molecule has 2 aromatic carbocycles. The van der Waals surface area contributed by atoms with E-state index >= 15 is 0 Å². The number of hydrogen-bond acceptors (Lipinski definition) is 8. The third-order valence-corrected chi connectivity index (χ3v) is 9.23. The number of para-hydroxylation sites is 1. The molecule has 2 amide bonds. The summed E-state index contributed by atoms with van der Waals surface area (Å²) in [6.45, 7) is 7.83. The van der Waals surface area contributed by atoms with Gasteiger partial charge in [0.15, 0.2) is 0 Å². The van der Waals surface area contributed by atoms with Crippen molar-refractivity contribution in [2.75, 3.05) is 51.9 Å². The summed E-state index contributed by atoms with van der Waals surface area (Å²) in [6.07, 6.45) is -0.163. The second-order valence-electron chi connectivity index (χ2n) is 13.8. The summed E-state index contributed by atoms with van der Waals surface area (Å²) in [4.78, 5) is 35.3. The number of alkyl carbamates (subject to hydrolysis) is 1. The van der Waals surface area contributed by atoms with Gasteiger partial charge in [0.25, 0.3) is 5.91 Å². The van der Waals surface area contributed by atoms with Crippen LogP contribution in [0.5, 0.6) is 5.75 Å². The van der Waals surface area contributed by atoms with E-state index in [1.165, 1.54) is 4.90 Å². The Balaban J connectivity index is 1.35. The van der Waals surface area contributed by atoms with Crippen LogP contribution in [0.25, 0.3) is 10.9 Å². The van der Waals surface area contributed by atoms with Crippen LogP contribution < -0.4 is 15.0 Å². The Morgan fingerprint density at radius 3 is 2.67 bits per heavy atom. The van der Waals surface area contributed by atoms with Crippen molar-refractivity contribution in [1.82, 2.24) is 14.8 Å². The number of halogens is 1. The van der Waals surface area contributed by atoms with Gasteiger partial charge in [-0.1, -0.05) is 12.1 Å². The average molecular weight is 664 g/mol. The van der Waals surface area contributed by atoms with Crippen molar-refractivity contribution in [3.8, 4) is 5.75 Å². The molecule has 0 aliphatic carbocycles. The zero-order valence-electron chi connectivity index (χ0n) is 28.4. The van der Waals surface area contributed by atoms with E-state index in [4.69, 9.17) is 19.2 Å². The van der Waals surface area contributed by atoms with E-state index in [0.717, 1.165) is 53.2 Å². The molecule has 3 atom stereocenters. The molecule has 0 spiro atoms. The lowest BCUT2D eigenvalue weighted by atomic mass is 9.99. The number of aliphatic hydroxyl groups excluding tert-OH is 1. The predicted molar refractivity (Wildman–Crippen MR) is 183 cm³/mol. The molecule has 12 heteroatoms. The number of benzene rings is 2. The Labute approximate surface area is 280 Å². The predicted octanol–water partition coefficient (Wildman–Crippen LogP) is 5.01. The Morgan fingerprint density at radius 1 is 1.12 bits per heavy atom. The van der Waals surface area contributed by atoms with Gasteiger partial charge in [0.2, 0.25) is 0 Å². The molecule has 0 radical (unpaired) electrons. The highest BCUT2D eigenvalue weighted by molar-refractivity contribution is 6.10. The summed E-state index contributed by atoms with van der Waals surface area (Å²) in [6, 6.07) is 11.3. The minimum absolute atomic E-state index is 0.0806. The van der Waals surface area contributed by atoms with Gasteiger partial charge in [0.05, 0.1) is 48.0 Å². The maximum Gasteiger partial charge on any atom is 0.407 e.